The Hall–Kier alpha value is -2.73. The number of thioether (sulfide) groups is 1. The van der Waals surface area contributed by atoms with E-state index < -0.39 is 0 Å². The van der Waals surface area contributed by atoms with Gasteiger partial charge in [0.25, 0.3) is 0 Å². The van der Waals surface area contributed by atoms with E-state index in [9.17, 15) is 5.21 Å². The highest BCUT2D eigenvalue weighted by Gasteiger charge is 2.22. The van der Waals surface area contributed by atoms with Crippen LogP contribution in [0.4, 0.5) is 0 Å². The number of nitrogens with zero attached hydrogens (tertiary/aromatic N) is 3. The van der Waals surface area contributed by atoms with Crippen molar-refractivity contribution in [2.24, 2.45) is 5.16 Å². The Balaban J connectivity index is 1.68. The summed E-state index contributed by atoms with van der Waals surface area (Å²) in [7, 11) is 0. The number of aromatic nitrogens is 1. The van der Waals surface area contributed by atoms with Crippen LogP contribution in [0.1, 0.15) is 5.56 Å². The van der Waals surface area contributed by atoms with Crippen LogP contribution in [-0.2, 0) is 0 Å². The highest BCUT2D eigenvalue weighted by Crippen LogP contribution is 2.28. The zero-order valence-electron chi connectivity index (χ0n) is 13.5. The molecule has 0 radical (unpaired) electrons. The Kier molecular flexibility index (Phi) is 4.43. The first-order valence-electron chi connectivity index (χ1n) is 8.02. The van der Waals surface area contributed by atoms with Crippen molar-refractivity contribution in [2.45, 2.75) is 0 Å². The molecule has 0 bridgehead atoms. The first-order chi connectivity index (χ1) is 12.3. The first-order valence-corrected chi connectivity index (χ1v) is 9.17. The summed E-state index contributed by atoms with van der Waals surface area (Å²) in [6.07, 6.45) is 1.67. The van der Waals surface area contributed by atoms with Gasteiger partial charge in [-0.05, 0) is 35.0 Å². The first kappa shape index (κ1) is 15.8. The third kappa shape index (κ3) is 3.25. The quantitative estimate of drug-likeness (QED) is 0.332. The maximum absolute atomic E-state index is 9.53. The summed E-state index contributed by atoms with van der Waals surface area (Å²) in [5.74, 6) is 3.44. The number of oxime groups is 1. The Morgan fingerprint density at radius 3 is 2.80 bits per heavy atom. The van der Waals surface area contributed by atoms with Gasteiger partial charge < -0.3 is 14.8 Å². The van der Waals surface area contributed by atoms with Crippen LogP contribution >= 0.6 is 11.8 Å². The van der Waals surface area contributed by atoms with Crippen molar-refractivity contribution in [3.05, 3.63) is 66.4 Å². The summed E-state index contributed by atoms with van der Waals surface area (Å²) >= 11 is 1.80. The third-order valence-electron chi connectivity index (χ3n) is 4.09. The van der Waals surface area contributed by atoms with E-state index in [1.54, 1.807) is 18.0 Å². The summed E-state index contributed by atoms with van der Waals surface area (Å²) in [5.41, 5.74) is 0.681. The summed E-state index contributed by atoms with van der Waals surface area (Å²) in [6.45, 7) is 0.842. The molecule has 5 nitrogen and oxygen atoms in total. The lowest BCUT2D eigenvalue weighted by Crippen LogP contribution is -2.29. The molecule has 1 aliphatic rings. The number of ether oxygens (including phenoxy) is 1. The monoisotopic (exact) mass is 351 g/mol. The molecule has 1 saturated heterocycles. The minimum absolute atomic E-state index is 0.433. The molecule has 126 valence electrons. The number of benzene rings is 2. The number of rotatable bonds is 3. The van der Waals surface area contributed by atoms with Crippen LogP contribution in [0, 0.1) is 0 Å². The maximum Gasteiger partial charge on any atom is 0.230 e. The lowest BCUT2D eigenvalue weighted by atomic mass is 10.1. The highest BCUT2D eigenvalue weighted by atomic mass is 32.2. The predicted octanol–water partition coefficient (Wildman–Crippen LogP) is 4.17. The van der Waals surface area contributed by atoms with E-state index in [1.807, 2.05) is 53.4 Å². The molecule has 0 spiro atoms. The number of pyridine rings is 1. The fourth-order valence-electron chi connectivity index (χ4n) is 2.85. The molecule has 0 amide bonds. The van der Waals surface area contributed by atoms with E-state index >= 15 is 0 Å². The van der Waals surface area contributed by atoms with Crippen molar-refractivity contribution >= 4 is 28.4 Å². The van der Waals surface area contributed by atoms with Crippen LogP contribution in [-0.4, -0.2) is 39.1 Å². The highest BCUT2D eigenvalue weighted by molar-refractivity contribution is 7.99. The summed E-state index contributed by atoms with van der Waals surface area (Å²) in [5, 5.41) is 15.3. The van der Waals surface area contributed by atoms with Crippen LogP contribution in [0.25, 0.3) is 10.8 Å². The zero-order chi connectivity index (χ0) is 17.1. The van der Waals surface area contributed by atoms with E-state index in [1.165, 1.54) is 0 Å². The lowest BCUT2D eigenvalue weighted by Gasteiger charge is -2.19. The van der Waals surface area contributed by atoms with Crippen molar-refractivity contribution in [2.75, 3.05) is 18.2 Å². The van der Waals surface area contributed by atoms with E-state index in [0.29, 0.717) is 23.0 Å². The van der Waals surface area contributed by atoms with Gasteiger partial charge in [0.2, 0.25) is 5.88 Å². The molecule has 4 rings (SSSR count). The minimum Gasteiger partial charge on any atom is -0.438 e. The lowest BCUT2D eigenvalue weighted by molar-refractivity contribution is 0.307. The molecule has 1 fully saturated rings. The summed E-state index contributed by atoms with van der Waals surface area (Å²) in [6, 6.07) is 17.7. The molecular formula is C19H17N3O2S. The van der Waals surface area contributed by atoms with Gasteiger partial charge in [0, 0.05) is 18.5 Å². The van der Waals surface area contributed by atoms with Crippen molar-refractivity contribution in [3.8, 4) is 11.6 Å². The predicted molar refractivity (Wildman–Crippen MR) is 101 cm³/mol. The largest absolute Gasteiger partial charge is 0.438 e. The van der Waals surface area contributed by atoms with Gasteiger partial charge >= 0.3 is 0 Å². The topological polar surface area (TPSA) is 58.0 Å². The third-order valence-corrected chi connectivity index (χ3v) is 5.06. The Bertz CT molecular complexity index is 923. The fourth-order valence-corrected chi connectivity index (χ4v) is 3.80. The standard InChI is InChI=1S/C19H17N3O2S/c23-21-18(22-10-11-25-13-22)17-6-3-9-20-19(17)24-16-8-7-14-4-1-2-5-15(14)12-16/h1-9,12,23H,10-11,13H2/b21-18-. The fraction of sp³-hybridized carbons (Fsp3) is 0.158. The number of hydrogen-bond acceptors (Lipinski definition) is 5. The number of hydrogen-bond donors (Lipinski definition) is 1. The summed E-state index contributed by atoms with van der Waals surface area (Å²) < 4.78 is 6.02. The van der Waals surface area contributed by atoms with Crippen LogP contribution in [0.5, 0.6) is 11.6 Å². The van der Waals surface area contributed by atoms with Gasteiger partial charge in [-0.1, -0.05) is 35.5 Å². The molecule has 2 aromatic carbocycles. The minimum atomic E-state index is 0.433. The Morgan fingerprint density at radius 1 is 1.12 bits per heavy atom. The van der Waals surface area contributed by atoms with Crippen molar-refractivity contribution < 1.29 is 9.94 Å². The van der Waals surface area contributed by atoms with Gasteiger partial charge in [0.05, 0.1) is 11.4 Å². The van der Waals surface area contributed by atoms with Gasteiger partial charge in [-0.25, -0.2) is 4.98 Å². The van der Waals surface area contributed by atoms with Gasteiger partial charge in [-0.2, -0.15) is 0 Å². The van der Waals surface area contributed by atoms with Crippen molar-refractivity contribution in [1.82, 2.24) is 9.88 Å². The molecule has 0 saturated carbocycles. The number of fused-ring (bicyclic) bond motifs is 1. The van der Waals surface area contributed by atoms with Crippen LogP contribution in [0.15, 0.2) is 65.9 Å². The second kappa shape index (κ2) is 7.03. The molecule has 1 aromatic heterocycles. The van der Waals surface area contributed by atoms with Gasteiger partial charge in [0.1, 0.15) is 5.75 Å². The molecule has 2 heterocycles. The SMILES string of the molecule is O/N=C(/c1cccnc1Oc1ccc2ccccc2c1)N1CCSC1. The van der Waals surface area contributed by atoms with E-state index in [4.69, 9.17) is 4.74 Å². The van der Waals surface area contributed by atoms with Gasteiger partial charge in [-0.15, -0.1) is 11.8 Å². The second-order valence-corrected chi connectivity index (χ2v) is 6.77. The average Bonchev–Trinajstić information content (AvgIpc) is 3.18. The van der Waals surface area contributed by atoms with Gasteiger partial charge in [-0.3, -0.25) is 0 Å². The Labute approximate surface area is 149 Å². The van der Waals surface area contributed by atoms with E-state index in [-0.39, 0.29) is 0 Å². The number of amidine groups is 1. The second-order valence-electron chi connectivity index (χ2n) is 5.69. The molecular weight excluding hydrogens is 334 g/mol. The van der Waals surface area contributed by atoms with Crippen LogP contribution in [0.2, 0.25) is 0 Å². The molecule has 0 unspecified atom stereocenters. The smallest absolute Gasteiger partial charge is 0.230 e. The molecule has 1 N–H and O–H groups in total. The van der Waals surface area contributed by atoms with E-state index in [2.05, 4.69) is 16.2 Å². The molecule has 0 atom stereocenters. The molecule has 25 heavy (non-hydrogen) atoms. The van der Waals surface area contributed by atoms with Gasteiger partial charge in [0.15, 0.2) is 5.84 Å². The average molecular weight is 351 g/mol. The normalized spacial score (nSPS) is 14.9. The molecule has 1 aliphatic heterocycles. The maximum atomic E-state index is 9.53. The Morgan fingerprint density at radius 2 is 2.00 bits per heavy atom. The molecule has 3 aromatic rings. The zero-order valence-corrected chi connectivity index (χ0v) is 14.3. The van der Waals surface area contributed by atoms with Crippen LogP contribution in [0.3, 0.4) is 0 Å². The van der Waals surface area contributed by atoms with Crippen molar-refractivity contribution in [3.63, 3.8) is 0 Å². The van der Waals surface area contributed by atoms with Crippen molar-refractivity contribution in [1.29, 1.82) is 0 Å². The molecule has 6 heteroatoms. The summed E-state index contributed by atoms with van der Waals surface area (Å²) in [4.78, 5) is 6.37. The van der Waals surface area contributed by atoms with E-state index in [0.717, 1.165) is 28.9 Å². The van der Waals surface area contributed by atoms with Crippen LogP contribution < -0.4 is 4.74 Å². The molecule has 0 aliphatic carbocycles.